The van der Waals surface area contributed by atoms with Crippen molar-refractivity contribution in [3.8, 4) is 0 Å². The number of carboxylic acid groups (broad SMARTS) is 1. The zero-order valence-electron chi connectivity index (χ0n) is 8.51. The fourth-order valence-electron chi connectivity index (χ4n) is 1.92. The number of carbonyl (C=O) groups is 1. The molecule has 1 aromatic rings. The van der Waals surface area contributed by atoms with Crippen molar-refractivity contribution < 1.29 is 18.3 Å². The highest BCUT2D eigenvalue weighted by Crippen LogP contribution is 2.21. The van der Waals surface area contributed by atoms with E-state index in [1.807, 2.05) is 0 Å². The fourth-order valence-corrected chi connectivity index (χ4v) is 3.78. The molecule has 1 saturated heterocycles. The van der Waals surface area contributed by atoms with E-state index in [4.69, 9.17) is 5.11 Å². The Labute approximate surface area is 92.6 Å². The van der Waals surface area contributed by atoms with Gasteiger partial charge in [-0.25, -0.2) is 13.2 Å². The first-order chi connectivity index (χ1) is 7.46. The van der Waals surface area contributed by atoms with Gasteiger partial charge >= 0.3 is 5.97 Å². The molecule has 7 heteroatoms. The molecule has 0 saturated carbocycles. The van der Waals surface area contributed by atoms with E-state index in [0.717, 1.165) is 0 Å². The van der Waals surface area contributed by atoms with Gasteiger partial charge in [-0.15, -0.1) is 0 Å². The Morgan fingerprint density at radius 3 is 2.88 bits per heavy atom. The number of hydrogen-bond acceptors (Lipinski definition) is 4. The van der Waals surface area contributed by atoms with Gasteiger partial charge in [0.2, 0.25) is 0 Å². The summed E-state index contributed by atoms with van der Waals surface area (Å²) in [5, 5.41) is 14.9. The van der Waals surface area contributed by atoms with Crippen LogP contribution < -0.4 is 0 Å². The predicted molar refractivity (Wildman–Crippen MR) is 56.0 cm³/mol. The molecule has 2 N–H and O–H groups in total. The van der Waals surface area contributed by atoms with Gasteiger partial charge in [-0.05, 0) is 24.8 Å². The Morgan fingerprint density at radius 2 is 2.38 bits per heavy atom. The summed E-state index contributed by atoms with van der Waals surface area (Å²) < 4.78 is 22.4. The number of rotatable bonds is 3. The van der Waals surface area contributed by atoms with E-state index in [9.17, 15) is 13.2 Å². The van der Waals surface area contributed by atoms with Crippen molar-refractivity contribution in [2.45, 2.75) is 12.8 Å². The average Bonchev–Trinajstić information content (AvgIpc) is 2.73. The van der Waals surface area contributed by atoms with Gasteiger partial charge in [-0.3, -0.25) is 5.10 Å². The van der Waals surface area contributed by atoms with Crippen molar-refractivity contribution in [2.75, 3.05) is 11.5 Å². The van der Waals surface area contributed by atoms with E-state index in [1.54, 1.807) is 0 Å². The summed E-state index contributed by atoms with van der Waals surface area (Å²) in [6.45, 7) is 0. The van der Waals surface area contributed by atoms with E-state index in [0.29, 0.717) is 18.5 Å². The molecular weight excluding hydrogens is 232 g/mol. The predicted octanol–water partition coefficient (Wildman–Crippen LogP) is 0.0851. The largest absolute Gasteiger partial charge is 0.476 e. The number of hydrogen-bond donors (Lipinski definition) is 2. The first-order valence-electron chi connectivity index (χ1n) is 4.94. The van der Waals surface area contributed by atoms with Crippen LogP contribution in [0.15, 0.2) is 6.07 Å². The molecule has 1 atom stereocenters. The maximum atomic E-state index is 11.2. The van der Waals surface area contributed by atoms with Crippen LogP contribution in [-0.4, -0.2) is 41.2 Å². The van der Waals surface area contributed by atoms with Crippen LogP contribution in [0.1, 0.15) is 22.6 Å². The molecule has 0 aromatic carbocycles. The zero-order valence-corrected chi connectivity index (χ0v) is 9.33. The third kappa shape index (κ3) is 2.41. The van der Waals surface area contributed by atoms with Gasteiger partial charge in [0.25, 0.3) is 0 Å². The Balaban J connectivity index is 2.02. The number of H-pyrrole nitrogens is 1. The van der Waals surface area contributed by atoms with Crippen molar-refractivity contribution in [1.82, 2.24) is 10.2 Å². The van der Waals surface area contributed by atoms with E-state index in [2.05, 4.69) is 10.2 Å². The molecule has 1 aliphatic rings. The summed E-state index contributed by atoms with van der Waals surface area (Å²) in [5.41, 5.74) is 0.648. The number of carboxylic acids is 1. The lowest BCUT2D eigenvalue weighted by Crippen LogP contribution is -2.07. The maximum absolute atomic E-state index is 11.2. The van der Waals surface area contributed by atoms with E-state index >= 15 is 0 Å². The Kier molecular flexibility index (Phi) is 2.71. The highest BCUT2D eigenvalue weighted by molar-refractivity contribution is 7.91. The number of aromatic carboxylic acids is 1. The van der Waals surface area contributed by atoms with Gasteiger partial charge in [-0.1, -0.05) is 0 Å². The van der Waals surface area contributed by atoms with E-state index < -0.39 is 15.8 Å². The standard InChI is InChI=1S/C9H12N2O4S/c12-9(13)8-4-7(10-11-8)3-6-1-2-16(14,15)5-6/h4,6H,1-3,5H2,(H,10,11)(H,12,13). The first-order valence-corrected chi connectivity index (χ1v) is 6.76. The summed E-state index contributed by atoms with van der Waals surface area (Å²) in [6.07, 6.45) is 1.18. The minimum absolute atomic E-state index is 0.0316. The van der Waals surface area contributed by atoms with Crippen LogP contribution in [-0.2, 0) is 16.3 Å². The summed E-state index contributed by atoms with van der Waals surface area (Å²) >= 11 is 0. The third-order valence-electron chi connectivity index (χ3n) is 2.69. The minimum atomic E-state index is -2.88. The second-order valence-corrected chi connectivity index (χ2v) is 6.29. The Bertz CT molecular complexity index is 505. The van der Waals surface area contributed by atoms with Crippen molar-refractivity contribution in [3.63, 3.8) is 0 Å². The molecule has 0 spiro atoms. The lowest BCUT2D eigenvalue weighted by Gasteiger charge is -2.03. The fraction of sp³-hybridized carbons (Fsp3) is 0.556. The van der Waals surface area contributed by atoms with Crippen LogP contribution in [0.4, 0.5) is 0 Å². The third-order valence-corrected chi connectivity index (χ3v) is 4.52. The molecule has 2 heterocycles. The van der Waals surface area contributed by atoms with Gasteiger partial charge in [0, 0.05) is 5.69 Å². The molecule has 6 nitrogen and oxygen atoms in total. The maximum Gasteiger partial charge on any atom is 0.356 e. The molecule has 0 aliphatic carbocycles. The second kappa shape index (κ2) is 3.89. The Morgan fingerprint density at radius 1 is 1.62 bits per heavy atom. The molecule has 1 aromatic heterocycles. The summed E-state index contributed by atoms with van der Waals surface area (Å²) in [6, 6.07) is 1.45. The SMILES string of the molecule is O=C(O)c1cc(CC2CCS(=O)(=O)C2)[nH]n1. The summed E-state index contributed by atoms with van der Waals surface area (Å²) in [4.78, 5) is 10.6. The van der Waals surface area contributed by atoms with Gasteiger partial charge < -0.3 is 5.11 Å². The molecule has 1 unspecified atom stereocenters. The number of nitrogens with one attached hydrogen (secondary N) is 1. The average molecular weight is 244 g/mol. The quantitative estimate of drug-likeness (QED) is 0.784. The number of aromatic nitrogens is 2. The van der Waals surface area contributed by atoms with Crippen LogP contribution in [0.2, 0.25) is 0 Å². The van der Waals surface area contributed by atoms with Crippen molar-refractivity contribution >= 4 is 15.8 Å². The number of sulfone groups is 1. The first kappa shape index (κ1) is 11.1. The van der Waals surface area contributed by atoms with Gasteiger partial charge in [-0.2, -0.15) is 5.10 Å². The summed E-state index contributed by atoms with van der Waals surface area (Å²) in [7, 11) is -2.88. The zero-order chi connectivity index (χ0) is 11.8. The molecule has 1 fully saturated rings. The number of nitrogens with zero attached hydrogens (tertiary/aromatic N) is 1. The molecule has 0 bridgehead atoms. The van der Waals surface area contributed by atoms with E-state index in [-0.39, 0.29) is 23.1 Å². The molecule has 0 amide bonds. The van der Waals surface area contributed by atoms with Gasteiger partial charge in [0.15, 0.2) is 15.5 Å². The molecule has 88 valence electrons. The monoisotopic (exact) mass is 244 g/mol. The summed E-state index contributed by atoms with van der Waals surface area (Å²) in [5.74, 6) is -0.583. The molecule has 1 aliphatic heterocycles. The van der Waals surface area contributed by atoms with Crippen molar-refractivity contribution in [2.24, 2.45) is 5.92 Å². The molecular formula is C9H12N2O4S. The minimum Gasteiger partial charge on any atom is -0.476 e. The highest BCUT2D eigenvalue weighted by atomic mass is 32.2. The van der Waals surface area contributed by atoms with Crippen LogP contribution in [0.3, 0.4) is 0 Å². The van der Waals surface area contributed by atoms with Crippen molar-refractivity contribution in [3.05, 3.63) is 17.5 Å². The lowest BCUT2D eigenvalue weighted by atomic mass is 10.0. The van der Waals surface area contributed by atoms with Crippen LogP contribution in [0.25, 0.3) is 0 Å². The van der Waals surface area contributed by atoms with Crippen LogP contribution in [0.5, 0.6) is 0 Å². The molecule has 16 heavy (non-hydrogen) atoms. The smallest absolute Gasteiger partial charge is 0.356 e. The van der Waals surface area contributed by atoms with E-state index in [1.165, 1.54) is 6.07 Å². The van der Waals surface area contributed by atoms with Crippen LogP contribution >= 0.6 is 0 Å². The van der Waals surface area contributed by atoms with Gasteiger partial charge in [0.1, 0.15) is 0 Å². The van der Waals surface area contributed by atoms with Crippen LogP contribution in [0, 0.1) is 5.92 Å². The van der Waals surface area contributed by atoms with Crippen molar-refractivity contribution in [1.29, 1.82) is 0 Å². The Hall–Kier alpha value is -1.37. The second-order valence-electron chi connectivity index (χ2n) is 4.06. The normalized spacial score (nSPS) is 23.4. The van der Waals surface area contributed by atoms with Gasteiger partial charge in [0.05, 0.1) is 11.5 Å². The number of aromatic amines is 1. The lowest BCUT2D eigenvalue weighted by molar-refractivity contribution is 0.0690. The highest BCUT2D eigenvalue weighted by Gasteiger charge is 2.28. The molecule has 0 radical (unpaired) electrons. The topological polar surface area (TPSA) is 100 Å². The molecule has 2 rings (SSSR count).